The van der Waals surface area contributed by atoms with E-state index in [0.717, 1.165) is 60.8 Å². The number of benzene rings is 2. The van der Waals surface area contributed by atoms with E-state index in [1.807, 2.05) is 29.3 Å². The van der Waals surface area contributed by atoms with Crippen molar-refractivity contribution >= 4 is 28.7 Å². The maximum absolute atomic E-state index is 13.6. The quantitative estimate of drug-likeness (QED) is 0.638. The van der Waals surface area contributed by atoms with Crippen LogP contribution in [0.5, 0.6) is 0 Å². The minimum Gasteiger partial charge on any atom is -0.372 e. The molecule has 3 heterocycles. The van der Waals surface area contributed by atoms with Gasteiger partial charge in [-0.05, 0) is 48.9 Å². The van der Waals surface area contributed by atoms with Crippen LogP contribution in [0.25, 0.3) is 10.8 Å². The van der Waals surface area contributed by atoms with Gasteiger partial charge in [0, 0.05) is 41.3 Å². The van der Waals surface area contributed by atoms with Gasteiger partial charge in [0.25, 0.3) is 0 Å². The van der Waals surface area contributed by atoms with Crippen molar-refractivity contribution in [3.8, 4) is 0 Å². The van der Waals surface area contributed by atoms with Crippen molar-refractivity contribution in [3.05, 3.63) is 65.6 Å². The van der Waals surface area contributed by atoms with E-state index in [-0.39, 0.29) is 17.3 Å². The van der Waals surface area contributed by atoms with Crippen LogP contribution in [-0.4, -0.2) is 36.0 Å². The SMILES string of the molecule is Cc1cccc2c(Nc3cccc(F)c3)ncc(C3OCC34CCN(C=O)CC4)c12. The Morgan fingerprint density at radius 1 is 1.23 bits per heavy atom. The number of fused-ring (bicyclic) bond motifs is 1. The van der Waals surface area contributed by atoms with E-state index in [1.54, 1.807) is 6.07 Å². The average molecular weight is 405 g/mol. The smallest absolute Gasteiger partial charge is 0.209 e. The fraction of sp³-hybridized carbons (Fsp3) is 0.333. The Bertz CT molecular complexity index is 1110. The van der Waals surface area contributed by atoms with Crippen LogP contribution < -0.4 is 5.32 Å². The number of anilines is 2. The van der Waals surface area contributed by atoms with E-state index >= 15 is 0 Å². The number of likely N-dealkylation sites (tertiary alicyclic amines) is 1. The predicted octanol–water partition coefficient (Wildman–Crippen LogP) is 4.74. The van der Waals surface area contributed by atoms with Gasteiger partial charge >= 0.3 is 0 Å². The van der Waals surface area contributed by atoms with E-state index in [4.69, 9.17) is 9.72 Å². The zero-order valence-electron chi connectivity index (χ0n) is 16.9. The Morgan fingerprint density at radius 3 is 2.73 bits per heavy atom. The molecule has 0 saturated carbocycles. The summed E-state index contributed by atoms with van der Waals surface area (Å²) in [5, 5.41) is 5.39. The molecule has 1 unspecified atom stereocenters. The van der Waals surface area contributed by atoms with E-state index in [9.17, 15) is 9.18 Å². The Balaban J connectivity index is 1.54. The lowest BCUT2D eigenvalue weighted by Gasteiger charge is -2.53. The summed E-state index contributed by atoms with van der Waals surface area (Å²) in [4.78, 5) is 17.7. The summed E-state index contributed by atoms with van der Waals surface area (Å²) in [7, 11) is 0. The monoisotopic (exact) mass is 405 g/mol. The maximum atomic E-state index is 13.6. The summed E-state index contributed by atoms with van der Waals surface area (Å²) in [5.74, 6) is 0.413. The number of rotatable bonds is 4. The molecular weight excluding hydrogens is 381 g/mol. The van der Waals surface area contributed by atoms with E-state index in [2.05, 4.69) is 18.3 Å². The van der Waals surface area contributed by atoms with Crippen molar-refractivity contribution in [3.63, 3.8) is 0 Å². The molecule has 0 bridgehead atoms. The van der Waals surface area contributed by atoms with Crippen LogP contribution in [0.15, 0.2) is 48.7 Å². The van der Waals surface area contributed by atoms with Crippen molar-refractivity contribution in [1.82, 2.24) is 9.88 Å². The normalized spacial score (nSPS) is 20.2. The third-order valence-corrected chi connectivity index (χ3v) is 6.56. The number of aromatic nitrogens is 1. The van der Waals surface area contributed by atoms with Gasteiger partial charge in [-0.2, -0.15) is 0 Å². The number of hydrogen-bond donors (Lipinski definition) is 1. The molecule has 0 radical (unpaired) electrons. The van der Waals surface area contributed by atoms with Gasteiger partial charge in [-0.1, -0.05) is 24.3 Å². The Kier molecular flexibility index (Phi) is 4.66. The Morgan fingerprint density at radius 2 is 2.03 bits per heavy atom. The lowest BCUT2D eigenvalue weighted by atomic mass is 9.68. The summed E-state index contributed by atoms with van der Waals surface area (Å²) in [6.07, 6.45) is 4.69. The number of nitrogens with zero attached hydrogens (tertiary/aromatic N) is 2. The van der Waals surface area contributed by atoms with E-state index in [1.165, 1.54) is 12.1 Å². The lowest BCUT2D eigenvalue weighted by Crippen LogP contribution is -2.52. The van der Waals surface area contributed by atoms with Gasteiger partial charge in [0.1, 0.15) is 11.6 Å². The first-order valence-corrected chi connectivity index (χ1v) is 10.3. The number of amides is 1. The molecule has 1 atom stereocenters. The van der Waals surface area contributed by atoms with Crippen molar-refractivity contribution < 1.29 is 13.9 Å². The predicted molar refractivity (Wildman–Crippen MR) is 114 cm³/mol. The molecule has 5 nitrogen and oxygen atoms in total. The number of piperidine rings is 1. The lowest BCUT2D eigenvalue weighted by molar-refractivity contribution is -0.210. The number of aryl methyl sites for hydroxylation is 1. The second-order valence-corrected chi connectivity index (χ2v) is 8.39. The second kappa shape index (κ2) is 7.36. The summed E-state index contributed by atoms with van der Waals surface area (Å²) in [6, 6.07) is 12.5. The highest BCUT2D eigenvalue weighted by Gasteiger charge is 2.51. The van der Waals surface area contributed by atoms with Crippen molar-refractivity contribution in [2.45, 2.75) is 25.9 Å². The molecule has 1 amide bonds. The van der Waals surface area contributed by atoms with Crippen LogP contribution in [0.4, 0.5) is 15.9 Å². The zero-order valence-corrected chi connectivity index (χ0v) is 16.9. The maximum Gasteiger partial charge on any atom is 0.209 e. The largest absolute Gasteiger partial charge is 0.372 e. The van der Waals surface area contributed by atoms with Crippen molar-refractivity contribution in [2.24, 2.45) is 5.41 Å². The third kappa shape index (κ3) is 3.12. The highest BCUT2D eigenvalue weighted by Crippen LogP contribution is 2.54. The molecule has 3 aromatic rings. The van der Waals surface area contributed by atoms with Crippen LogP contribution in [0.1, 0.15) is 30.1 Å². The number of ether oxygens (including phenoxy) is 1. The average Bonchev–Trinajstić information content (AvgIpc) is 2.75. The molecule has 2 aliphatic rings. The molecule has 2 fully saturated rings. The number of carbonyl (C=O) groups excluding carboxylic acids is 1. The van der Waals surface area contributed by atoms with Gasteiger partial charge in [0.15, 0.2) is 0 Å². The fourth-order valence-corrected chi connectivity index (χ4v) is 4.82. The molecule has 1 N–H and O–H groups in total. The number of carbonyl (C=O) groups is 1. The number of pyridine rings is 1. The van der Waals surface area contributed by atoms with E-state index < -0.39 is 0 Å². The summed E-state index contributed by atoms with van der Waals surface area (Å²) in [5.41, 5.74) is 2.98. The minimum atomic E-state index is -0.288. The summed E-state index contributed by atoms with van der Waals surface area (Å²) < 4.78 is 19.7. The van der Waals surface area contributed by atoms with Crippen LogP contribution in [0.3, 0.4) is 0 Å². The molecule has 30 heavy (non-hydrogen) atoms. The topological polar surface area (TPSA) is 54.5 Å². The van der Waals surface area contributed by atoms with Crippen LogP contribution in [0.2, 0.25) is 0 Å². The molecule has 154 valence electrons. The van der Waals surface area contributed by atoms with Gasteiger partial charge in [-0.25, -0.2) is 9.37 Å². The summed E-state index contributed by atoms with van der Waals surface area (Å²) >= 11 is 0. The first-order chi connectivity index (χ1) is 14.6. The van der Waals surface area contributed by atoms with Crippen LogP contribution in [0, 0.1) is 18.2 Å². The molecule has 2 saturated heterocycles. The highest BCUT2D eigenvalue weighted by molar-refractivity contribution is 5.97. The van der Waals surface area contributed by atoms with E-state index in [0.29, 0.717) is 11.5 Å². The standard InChI is InChI=1S/C24H24FN3O2/c1-16-4-2-7-19-21(16)20(13-26-23(19)27-18-6-3-5-17(25)12-18)22-24(14-30-22)8-10-28(15-29)11-9-24/h2-7,12-13,15,22H,8-11,14H2,1H3,(H,26,27). The Hall–Kier alpha value is -2.99. The molecule has 2 aromatic carbocycles. The number of nitrogens with one attached hydrogen (secondary N) is 1. The van der Waals surface area contributed by atoms with Gasteiger partial charge < -0.3 is 15.0 Å². The second-order valence-electron chi connectivity index (χ2n) is 8.39. The molecule has 6 heteroatoms. The Labute approximate surface area is 174 Å². The number of hydrogen-bond acceptors (Lipinski definition) is 4. The molecule has 5 rings (SSSR count). The molecule has 2 aliphatic heterocycles. The zero-order chi connectivity index (χ0) is 20.7. The third-order valence-electron chi connectivity index (χ3n) is 6.56. The molecule has 1 spiro atoms. The van der Waals surface area contributed by atoms with Crippen LogP contribution in [-0.2, 0) is 9.53 Å². The minimum absolute atomic E-state index is 0.0226. The fourth-order valence-electron chi connectivity index (χ4n) is 4.82. The van der Waals surface area contributed by atoms with Gasteiger partial charge in [0.2, 0.25) is 6.41 Å². The van der Waals surface area contributed by atoms with Crippen molar-refractivity contribution in [1.29, 1.82) is 0 Å². The van der Waals surface area contributed by atoms with Gasteiger partial charge in [-0.15, -0.1) is 0 Å². The highest BCUT2D eigenvalue weighted by atomic mass is 19.1. The van der Waals surface area contributed by atoms with Gasteiger partial charge in [-0.3, -0.25) is 4.79 Å². The summed E-state index contributed by atoms with van der Waals surface area (Å²) in [6.45, 7) is 4.36. The molecular formula is C24H24FN3O2. The van der Waals surface area contributed by atoms with Crippen LogP contribution >= 0.6 is 0 Å². The first-order valence-electron chi connectivity index (χ1n) is 10.3. The van der Waals surface area contributed by atoms with Crippen molar-refractivity contribution in [2.75, 3.05) is 25.0 Å². The number of halogens is 1. The molecule has 0 aliphatic carbocycles. The molecule has 1 aromatic heterocycles. The van der Waals surface area contributed by atoms with Gasteiger partial charge in [0.05, 0.1) is 12.7 Å². The first kappa shape index (κ1) is 19.0.